The molecule has 1 aliphatic heterocycles. The second-order valence-electron chi connectivity index (χ2n) is 7.67. The van der Waals surface area contributed by atoms with Crippen molar-refractivity contribution in [2.75, 3.05) is 10.6 Å². The van der Waals surface area contributed by atoms with Crippen LogP contribution in [0.4, 0.5) is 24.7 Å². The zero-order valence-corrected chi connectivity index (χ0v) is 19.8. The lowest BCUT2D eigenvalue weighted by molar-refractivity contribution is -0.194. The van der Waals surface area contributed by atoms with Crippen LogP contribution in [0, 0.1) is 4.77 Å². The van der Waals surface area contributed by atoms with Gasteiger partial charge in [0.1, 0.15) is 5.82 Å². The van der Waals surface area contributed by atoms with Gasteiger partial charge < -0.3 is 10.6 Å². The lowest BCUT2D eigenvalue weighted by atomic mass is 9.93. The minimum atomic E-state index is -5.59. The van der Waals surface area contributed by atoms with Crippen LogP contribution in [0.5, 0.6) is 0 Å². The van der Waals surface area contributed by atoms with Crippen LogP contribution in [0.2, 0.25) is 0 Å². The smallest absolute Gasteiger partial charge is 0.326 e. The number of rotatable bonds is 5. The number of para-hydroxylation sites is 1. The first-order chi connectivity index (χ1) is 16.8. The van der Waals surface area contributed by atoms with Crippen LogP contribution in [0.3, 0.4) is 0 Å². The molecule has 2 aromatic carbocycles. The number of alkyl halides is 3. The Bertz CT molecular complexity index is 1600. The van der Waals surface area contributed by atoms with Crippen LogP contribution < -0.4 is 20.9 Å². The molecule has 10 nitrogen and oxygen atoms in total. The van der Waals surface area contributed by atoms with Crippen LogP contribution >= 0.6 is 12.2 Å². The van der Waals surface area contributed by atoms with E-state index >= 15 is 0 Å². The van der Waals surface area contributed by atoms with E-state index in [1.54, 1.807) is 18.2 Å². The highest BCUT2D eigenvalue weighted by Crippen LogP contribution is 2.46. The second kappa shape index (κ2) is 8.69. The van der Waals surface area contributed by atoms with Gasteiger partial charge in [0, 0.05) is 18.3 Å². The molecule has 36 heavy (non-hydrogen) atoms. The minimum absolute atomic E-state index is 0.189. The molecule has 4 rings (SSSR count). The number of halogens is 3. The molecule has 0 bridgehead atoms. The first-order valence-electron chi connectivity index (χ1n) is 10.0. The van der Waals surface area contributed by atoms with Crippen molar-refractivity contribution in [1.29, 1.82) is 0 Å². The summed E-state index contributed by atoms with van der Waals surface area (Å²) < 4.78 is 71.9. The number of benzene rings is 2. The number of carbonyl (C=O) groups is 2. The predicted octanol–water partition coefficient (Wildman–Crippen LogP) is 2.54. The highest BCUT2D eigenvalue weighted by Gasteiger charge is 2.69. The van der Waals surface area contributed by atoms with E-state index in [0.29, 0.717) is 0 Å². The van der Waals surface area contributed by atoms with Gasteiger partial charge in [-0.1, -0.05) is 18.2 Å². The molecule has 2 amide bonds. The van der Waals surface area contributed by atoms with Gasteiger partial charge in [-0.25, -0.2) is 8.42 Å². The molecule has 188 valence electrons. The summed E-state index contributed by atoms with van der Waals surface area (Å²) in [5.74, 6) is -2.91. The number of anilines is 2. The number of carbonyl (C=O) groups excluding carboxylic acids is 2. The van der Waals surface area contributed by atoms with Gasteiger partial charge in [-0.3, -0.25) is 23.9 Å². The highest BCUT2D eigenvalue weighted by atomic mass is 32.2. The Morgan fingerprint density at radius 1 is 1.06 bits per heavy atom. The summed E-state index contributed by atoms with van der Waals surface area (Å²) in [6.07, 6.45) is -5.59. The second-order valence-corrected chi connectivity index (χ2v) is 9.74. The topological polar surface area (TPSA) is 142 Å². The number of hydrogen-bond acceptors (Lipinski definition) is 6. The summed E-state index contributed by atoms with van der Waals surface area (Å²) in [5.41, 5.74) is -6.18. The molecule has 3 aromatic rings. The summed E-state index contributed by atoms with van der Waals surface area (Å²) >= 11 is 5.10. The number of aromatic nitrogens is 2. The summed E-state index contributed by atoms with van der Waals surface area (Å²) in [7, 11) is -5.04. The summed E-state index contributed by atoms with van der Waals surface area (Å²) in [6, 6.07) is 11.8. The third kappa shape index (κ3) is 4.10. The number of hydrogen-bond donors (Lipinski definition) is 4. The maximum atomic E-state index is 14.6. The molecule has 0 aliphatic carbocycles. The maximum Gasteiger partial charge on any atom is 0.421 e. The van der Waals surface area contributed by atoms with E-state index in [-0.39, 0.29) is 16.1 Å². The van der Waals surface area contributed by atoms with Gasteiger partial charge in [0.2, 0.25) is 21.5 Å². The lowest BCUT2D eigenvalue weighted by Crippen LogP contribution is -2.61. The van der Waals surface area contributed by atoms with E-state index in [0.717, 1.165) is 28.8 Å². The Labute approximate surface area is 206 Å². The van der Waals surface area contributed by atoms with Gasteiger partial charge >= 0.3 is 6.18 Å². The number of amides is 2. The molecule has 1 atom stereocenters. The van der Waals surface area contributed by atoms with Crippen molar-refractivity contribution in [2.24, 2.45) is 0 Å². The molecule has 4 N–H and O–H groups in total. The summed E-state index contributed by atoms with van der Waals surface area (Å²) in [6.45, 7) is 1.21. The van der Waals surface area contributed by atoms with E-state index in [1.165, 1.54) is 23.8 Å². The van der Waals surface area contributed by atoms with Gasteiger partial charge in [0.25, 0.3) is 11.5 Å². The molecule has 0 unspecified atom stereocenters. The summed E-state index contributed by atoms with van der Waals surface area (Å²) in [5, 5.41) is 4.38. The van der Waals surface area contributed by atoms with Gasteiger partial charge in [0.15, 0.2) is 4.77 Å². The van der Waals surface area contributed by atoms with Gasteiger partial charge in [-0.2, -0.15) is 17.9 Å². The predicted molar refractivity (Wildman–Crippen MR) is 125 cm³/mol. The van der Waals surface area contributed by atoms with E-state index in [9.17, 15) is 36.0 Å². The molecule has 1 aliphatic rings. The van der Waals surface area contributed by atoms with E-state index in [4.69, 9.17) is 12.2 Å². The first-order valence-corrected chi connectivity index (χ1v) is 11.9. The third-order valence-corrected chi connectivity index (χ3v) is 7.02. The number of sulfonamides is 1. The van der Waals surface area contributed by atoms with E-state index < -0.39 is 55.4 Å². The van der Waals surface area contributed by atoms with Crippen molar-refractivity contribution < 1.29 is 31.2 Å². The normalized spacial score (nSPS) is 17.4. The number of aromatic amines is 1. The molecule has 2 heterocycles. The van der Waals surface area contributed by atoms with Gasteiger partial charge in [-0.15, -0.1) is 0 Å². The molecule has 0 saturated heterocycles. The Balaban J connectivity index is 1.92. The Morgan fingerprint density at radius 2 is 1.67 bits per heavy atom. The molecule has 15 heteroatoms. The van der Waals surface area contributed by atoms with Crippen molar-refractivity contribution in [3.63, 3.8) is 0 Å². The third-order valence-electron chi connectivity index (χ3n) is 5.27. The van der Waals surface area contributed by atoms with Crippen molar-refractivity contribution in [2.45, 2.75) is 23.5 Å². The van der Waals surface area contributed by atoms with E-state index in [1.807, 2.05) is 5.32 Å². The van der Waals surface area contributed by atoms with Crippen molar-refractivity contribution in [3.05, 3.63) is 75.3 Å². The molecule has 0 radical (unpaired) electrons. The minimum Gasteiger partial charge on any atom is -0.326 e. The van der Waals surface area contributed by atoms with E-state index in [2.05, 4.69) is 10.3 Å². The largest absolute Gasteiger partial charge is 0.421 e. The average molecular weight is 540 g/mol. The standard InChI is InChI=1S/C21H16F3N5O5S2/c1-11(30)25-12-7-9-14(10-8-12)36(33,34)28-20(21(22,23)24)15-16(26-18(20)32)29(19(35)27-17(15)31)13-5-3-2-4-6-13/h2-10,28H,1H3,(H,25,30)(H,26,32)(H,27,31,35)/t20-/m1/s1. The Hall–Kier alpha value is -3.82. The highest BCUT2D eigenvalue weighted by molar-refractivity contribution is 7.89. The fraction of sp³-hybridized carbons (Fsp3) is 0.143. The molecule has 0 fully saturated rings. The Morgan fingerprint density at radius 3 is 2.22 bits per heavy atom. The summed E-state index contributed by atoms with van der Waals surface area (Å²) in [4.78, 5) is 38.3. The van der Waals surface area contributed by atoms with Crippen LogP contribution in [0.1, 0.15) is 12.5 Å². The zero-order chi connectivity index (χ0) is 26.5. The Kier molecular flexibility index (Phi) is 6.10. The SMILES string of the molecule is CC(=O)Nc1ccc(S(=O)(=O)N[C@@]2(C(F)(F)F)C(=O)Nc3c2c(=O)[nH]c(=S)n3-c2ccccc2)cc1. The average Bonchev–Trinajstić information content (AvgIpc) is 3.07. The molecule has 1 aromatic heterocycles. The quantitative estimate of drug-likeness (QED) is 0.367. The van der Waals surface area contributed by atoms with Crippen molar-refractivity contribution in [1.82, 2.24) is 14.3 Å². The lowest BCUT2D eigenvalue weighted by Gasteiger charge is -2.29. The molecular formula is C21H16F3N5O5S2. The molecular weight excluding hydrogens is 523 g/mol. The van der Waals surface area contributed by atoms with Crippen LogP contribution in [-0.2, 0) is 25.2 Å². The monoisotopic (exact) mass is 539 g/mol. The number of H-pyrrole nitrogens is 1. The first kappa shape index (κ1) is 25.3. The zero-order valence-electron chi connectivity index (χ0n) is 18.1. The number of nitrogens with zero attached hydrogens (tertiary/aromatic N) is 1. The maximum absolute atomic E-state index is 14.6. The van der Waals surface area contributed by atoms with Crippen molar-refractivity contribution in [3.8, 4) is 5.69 Å². The molecule has 0 saturated carbocycles. The fourth-order valence-electron chi connectivity index (χ4n) is 3.75. The van der Waals surface area contributed by atoms with Crippen molar-refractivity contribution >= 4 is 45.6 Å². The van der Waals surface area contributed by atoms with Gasteiger partial charge in [0.05, 0.1) is 10.5 Å². The molecule has 0 spiro atoms. The van der Waals surface area contributed by atoms with Crippen LogP contribution in [0.25, 0.3) is 5.69 Å². The van der Waals surface area contributed by atoms with Gasteiger partial charge in [-0.05, 0) is 48.6 Å². The fourth-order valence-corrected chi connectivity index (χ4v) is 5.36. The van der Waals surface area contributed by atoms with Crippen LogP contribution in [0.15, 0.2) is 64.3 Å². The number of nitrogens with one attached hydrogen (secondary N) is 4. The number of fused-ring (bicyclic) bond motifs is 1. The van der Waals surface area contributed by atoms with Crippen LogP contribution in [-0.4, -0.2) is 36.0 Å².